The van der Waals surface area contributed by atoms with Gasteiger partial charge >= 0.3 is 0 Å². The second kappa shape index (κ2) is 6.90. The van der Waals surface area contributed by atoms with Crippen molar-refractivity contribution in [3.05, 3.63) is 58.6 Å². The van der Waals surface area contributed by atoms with E-state index in [1.165, 1.54) is 0 Å². The van der Waals surface area contributed by atoms with Gasteiger partial charge in [0.15, 0.2) is 6.61 Å². The van der Waals surface area contributed by atoms with Crippen molar-refractivity contribution in [1.29, 1.82) is 0 Å². The van der Waals surface area contributed by atoms with Gasteiger partial charge in [-0.3, -0.25) is 9.59 Å². The zero-order valence-corrected chi connectivity index (χ0v) is 12.6. The van der Waals surface area contributed by atoms with Gasteiger partial charge in [0.05, 0.1) is 5.56 Å². The molecule has 0 radical (unpaired) electrons. The lowest BCUT2D eigenvalue weighted by atomic mass is 10.2. The number of nitrogens with two attached hydrogens (primary N) is 1. The van der Waals surface area contributed by atoms with Crippen molar-refractivity contribution in [2.45, 2.75) is 0 Å². The maximum Gasteiger partial charge on any atom is 0.262 e. The number of nitrogens with one attached hydrogen (secondary N) is 1. The monoisotopic (exact) mass is 348 g/mol. The van der Waals surface area contributed by atoms with Gasteiger partial charge in [-0.2, -0.15) is 0 Å². The van der Waals surface area contributed by atoms with Gasteiger partial charge in [-0.1, -0.05) is 34.1 Å². The number of primary amides is 1. The van der Waals surface area contributed by atoms with Crippen molar-refractivity contribution in [3.63, 3.8) is 0 Å². The van der Waals surface area contributed by atoms with Crippen LogP contribution in [0.25, 0.3) is 0 Å². The standard InChI is InChI=1S/C15H13BrN2O3/c16-10-4-3-5-11(8-10)18-14(19)9-21-13-7-2-1-6-12(13)15(17)20/h1-8H,9H2,(H2,17,20)(H,18,19). The molecule has 5 nitrogen and oxygen atoms in total. The van der Waals surface area contributed by atoms with E-state index in [4.69, 9.17) is 10.5 Å². The van der Waals surface area contributed by atoms with E-state index in [9.17, 15) is 9.59 Å². The minimum Gasteiger partial charge on any atom is -0.483 e. The van der Waals surface area contributed by atoms with E-state index < -0.39 is 5.91 Å². The summed E-state index contributed by atoms with van der Waals surface area (Å²) in [7, 11) is 0. The van der Waals surface area contributed by atoms with Crippen LogP contribution >= 0.6 is 15.9 Å². The van der Waals surface area contributed by atoms with Gasteiger partial charge in [0, 0.05) is 10.2 Å². The van der Waals surface area contributed by atoms with Crippen LogP contribution in [0.3, 0.4) is 0 Å². The van der Waals surface area contributed by atoms with E-state index in [0.717, 1.165) is 4.47 Å². The number of ether oxygens (including phenoxy) is 1. The number of carbonyl (C=O) groups excluding carboxylic acids is 2. The van der Waals surface area contributed by atoms with Crippen LogP contribution in [0.1, 0.15) is 10.4 Å². The van der Waals surface area contributed by atoms with Gasteiger partial charge < -0.3 is 15.8 Å². The summed E-state index contributed by atoms with van der Waals surface area (Å²) in [4.78, 5) is 23.0. The minimum absolute atomic E-state index is 0.212. The Balaban J connectivity index is 1.97. The molecule has 0 aromatic heterocycles. The molecule has 108 valence electrons. The number of rotatable bonds is 5. The predicted molar refractivity (Wildman–Crippen MR) is 83.2 cm³/mol. The highest BCUT2D eigenvalue weighted by Crippen LogP contribution is 2.18. The van der Waals surface area contributed by atoms with Crippen LogP contribution in [0, 0.1) is 0 Å². The molecule has 2 amide bonds. The maximum atomic E-state index is 11.8. The molecular formula is C15H13BrN2O3. The Kier molecular flexibility index (Phi) is 4.94. The first-order chi connectivity index (χ1) is 10.1. The number of para-hydroxylation sites is 1. The molecule has 3 N–H and O–H groups in total. The topological polar surface area (TPSA) is 81.4 Å². The van der Waals surface area contributed by atoms with E-state index in [0.29, 0.717) is 5.69 Å². The average Bonchev–Trinajstić information content (AvgIpc) is 2.45. The van der Waals surface area contributed by atoms with Crippen LogP contribution in [0.4, 0.5) is 5.69 Å². The smallest absolute Gasteiger partial charge is 0.262 e. The molecule has 0 heterocycles. The van der Waals surface area contributed by atoms with Crippen molar-refractivity contribution in [1.82, 2.24) is 0 Å². The number of hydrogen-bond donors (Lipinski definition) is 2. The van der Waals surface area contributed by atoms with Crippen molar-refractivity contribution in [2.75, 3.05) is 11.9 Å². The molecule has 0 spiro atoms. The van der Waals surface area contributed by atoms with Crippen LogP contribution in [0.15, 0.2) is 53.0 Å². The molecule has 0 atom stereocenters. The SMILES string of the molecule is NC(=O)c1ccccc1OCC(=O)Nc1cccc(Br)c1. The van der Waals surface area contributed by atoms with Crippen molar-refractivity contribution in [2.24, 2.45) is 5.73 Å². The highest BCUT2D eigenvalue weighted by atomic mass is 79.9. The van der Waals surface area contributed by atoms with Crippen LogP contribution in [0.2, 0.25) is 0 Å². The summed E-state index contributed by atoms with van der Waals surface area (Å²) in [6, 6.07) is 13.7. The third kappa shape index (κ3) is 4.32. The lowest BCUT2D eigenvalue weighted by molar-refractivity contribution is -0.118. The van der Waals surface area contributed by atoms with Gasteiger partial charge in [0.25, 0.3) is 11.8 Å². The molecular weight excluding hydrogens is 336 g/mol. The number of carbonyl (C=O) groups is 2. The summed E-state index contributed by atoms with van der Waals surface area (Å²) < 4.78 is 6.20. The number of amides is 2. The molecule has 0 aliphatic carbocycles. The summed E-state index contributed by atoms with van der Waals surface area (Å²) in [6.45, 7) is -0.212. The zero-order chi connectivity index (χ0) is 15.2. The maximum absolute atomic E-state index is 11.8. The third-order valence-electron chi connectivity index (χ3n) is 2.62. The van der Waals surface area contributed by atoms with E-state index in [1.54, 1.807) is 36.4 Å². The fourth-order valence-electron chi connectivity index (χ4n) is 1.70. The summed E-state index contributed by atoms with van der Waals surface area (Å²) in [5, 5.41) is 2.69. The lowest BCUT2D eigenvalue weighted by Crippen LogP contribution is -2.21. The number of hydrogen-bond acceptors (Lipinski definition) is 3. The Morgan fingerprint density at radius 1 is 1.14 bits per heavy atom. The van der Waals surface area contributed by atoms with Gasteiger partial charge in [-0.05, 0) is 30.3 Å². The van der Waals surface area contributed by atoms with Crippen molar-refractivity contribution in [3.8, 4) is 5.75 Å². The summed E-state index contributed by atoms with van der Waals surface area (Å²) in [5.74, 6) is -0.639. The normalized spacial score (nSPS) is 9.95. The molecule has 0 aliphatic rings. The first-order valence-corrected chi connectivity index (χ1v) is 6.92. The van der Waals surface area contributed by atoms with E-state index in [-0.39, 0.29) is 23.8 Å². The van der Waals surface area contributed by atoms with Crippen LogP contribution in [-0.2, 0) is 4.79 Å². The summed E-state index contributed by atoms with van der Waals surface area (Å²) >= 11 is 3.32. The van der Waals surface area contributed by atoms with E-state index in [2.05, 4.69) is 21.2 Å². The first kappa shape index (κ1) is 15.1. The molecule has 0 bridgehead atoms. The van der Waals surface area contributed by atoms with Crippen LogP contribution < -0.4 is 15.8 Å². The van der Waals surface area contributed by atoms with E-state index >= 15 is 0 Å². The molecule has 21 heavy (non-hydrogen) atoms. The molecule has 2 aromatic carbocycles. The van der Waals surface area contributed by atoms with Gasteiger partial charge in [0.1, 0.15) is 5.75 Å². The molecule has 6 heteroatoms. The Hall–Kier alpha value is -2.34. The van der Waals surface area contributed by atoms with Gasteiger partial charge in [-0.15, -0.1) is 0 Å². The largest absolute Gasteiger partial charge is 0.483 e. The highest BCUT2D eigenvalue weighted by molar-refractivity contribution is 9.10. The number of benzene rings is 2. The minimum atomic E-state index is -0.599. The Morgan fingerprint density at radius 2 is 1.90 bits per heavy atom. The second-order valence-corrected chi connectivity index (χ2v) is 5.12. The predicted octanol–water partition coefficient (Wildman–Crippen LogP) is 2.57. The molecule has 0 saturated carbocycles. The Labute approximate surface area is 130 Å². The van der Waals surface area contributed by atoms with Gasteiger partial charge in [0.2, 0.25) is 0 Å². The second-order valence-electron chi connectivity index (χ2n) is 4.21. The number of anilines is 1. The quantitative estimate of drug-likeness (QED) is 0.871. The Morgan fingerprint density at radius 3 is 2.62 bits per heavy atom. The summed E-state index contributed by atoms with van der Waals surface area (Å²) in [6.07, 6.45) is 0. The average molecular weight is 349 g/mol. The zero-order valence-electron chi connectivity index (χ0n) is 11.0. The highest BCUT2D eigenvalue weighted by Gasteiger charge is 2.10. The summed E-state index contributed by atoms with van der Waals surface area (Å²) in [5.41, 5.74) is 6.13. The molecule has 2 rings (SSSR count). The van der Waals surface area contributed by atoms with Crippen LogP contribution in [-0.4, -0.2) is 18.4 Å². The Bertz CT molecular complexity index is 673. The molecule has 0 aliphatic heterocycles. The molecule has 2 aromatic rings. The van der Waals surface area contributed by atoms with Gasteiger partial charge in [-0.25, -0.2) is 0 Å². The lowest BCUT2D eigenvalue weighted by Gasteiger charge is -2.10. The van der Waals surface area contributed by atoms with Crippen LogP contribution in [0.5, 0.6) is 5.75 Å². The first-order valence-electron chi connectivity index (χ1n) is 6.13. The molecule has 0 fully saturated rings. The van der Waals surface area contributed by atoms with Crippen molar-refractivity contribution >= 4 is 33.4 Å². The fraction of sp³-hybridized carbons (Fsp3) is 0.0667. The van der Waals surface area contributed by atoms with Crippen molar-refractivity contribution < 1.29 is 14.3 Å². The fourth-order valence-corrected chi connectivity index (χ4v) is 2.10. The number of halogens is 1. The van der Waals surface area contributed by atoms with E-state index in [1.807, 2.05) is 12.1 Å². The molecule has 0 saturated heterocycles. The molecule has 0 unspecified atom stereocenters. The third-order valence-corrected chi connectivity index (χ3v) is 3.11.